The molecule has 1 aliphatic carbocycles. The van der Waals surface area contributed by atoms with Gasteiger partial charge in [0.2, 0.25) is 5.91 Å². The monoisotopic (exact) mass is 303 g/mol. The van der Waals surface area contributed by atoms with Gasteiger partial charge >= 0.3 is 11.9 Å². The molecule has 0 bridgehead atoms. The average molecular weight is 303 g/mol. The maximum absolute atomic E-state index is 12.4. The molecule has 0 aromatic heterocycles. The van der Waals surface area contributed by atoms with Crippen molar-refractivity contribution in [3.63, 3.8) is 0 Å². The number of anilines is 1. The van der Waals surface area contributed by atoms with Crippen LogP contribution < -0.4 is 5.32 Å². The predicted molar refractivity (Wildman–Crippen MR) is 79.4 cm³/mol. The van der Waals surface area contributed by atoms with Gasteiger partial charge in [-0.25, -0.2) is 4.79 Å². The summed E-state index contributed by atoms with van der Waals surface area (Å²) in [6, 6.07) is 6.46. The number of nitrogens with one attached hydrogen (secondary N) is 1. The Kier molecular flexibility index (Phi) is 4.93. The van der Waals surface area contributed by atoms with Crippen LogP contribution in [0.4, 0.5) is 5.69 Å². The zero-order valence-electron chi connectivity index (χ0n) is 12.1. The van der Waals surface area contributed by atoms with E-state index < -0.39 is 29.7 Å². The second kappa shape index (κ2) is 6.89. The van der Waals surface area contributed by atoms with Gasteiger partial charge in [0.15, 0.2) is 0 Å². The minimum absolute atomic E-state index is 0.233. The fraction of sp³-hybridized carbons (Fsp3) is 0.312. The lowest BCUT2D eigenvalue weighted by atomic mass is 9.82. The normalized spacial score (nSPS) is 20.2. The van der Waals surface area contributed by atoms with Crippen LogP contribution in [0.3, 0.4) is 0 Å². The second-order valence-corrected chi connectivity index (χ2v) is 5.02. The van der Waals surface area contributed by atoms with Crippen molar-refractivity contribution in [1.29, 1.82) is 0 Å². The summed E-state index contributed by atoms with van der Waals surface area (Å²) >= 11 is 0. The highest BCUT2D eigenvalue weighted by molar-refractivity contribution is 6.02. The van der Waals surface area contributed by atoms with Crippen molar-refractivity contribution in [3.8, 4) is 0 Å². The molecule has 0 unspecified atom stereocenters. The number of methoxy groups -OCH3 is 1. The Morgan fingerprint density at radius 3 is 2.41 bits per heavy atom. The molecular weight excluding hydrogens is 286 g/mol. The lowest BCUT2D eigenvalue weighted by molar-refractivity contribution is -0.146. The lowest BCUT2D eigenvalue weighted by Crippen LogP contribution is -2.35. The first-order chi connectivity index (χ1) is 10.5. The van der Waals surface area contributed by atoms with E-state index in [-0.39, 0.29) is 5.56 Å². The molecule has 6 nitrogen and oxygen atoms in total. The molecule has 0 spiro atoms. The maximum atomic E-state index is 12.4. The summed E-state index contributed by atoms with van der Waals surface area (Å²) in [5.41, 5.74) is 0.551. The predicted octanol–water partition coefficient (Wildman–Crippen LogP) is 2.08. The molecule has 1 aliphatic rings. The first-order valence-corrected chi connectivity index (χ1v) is 6.90. The van der Waals surface area contributed by atoms with Gasteiger partial charge < -0.3 is 15.2 Å². The Balaban J connectivity index is 2.20. The fourth-order valence-electron chi connectivity index (χ4n) is 2.48. The number of esters is 1. The molecule has 6 heteroatoms. The van der Waals surface area contributed by atoms with Crippen LogP contribution in [0.2, 0.25) is 0 Å². The van der Waals surface area contributed by atoms with Gasteiger partial charge in [-0.15, -0.1) is 0 Å². The summed E-state index contributed by atoms with van der Waals surface area (Å²) in [5, 5.41) is 11.9. The molecule has 0 fully saturated rings. The van der Waals surface area contributed by atoms with Crippen molar-refractivity contribution >= 4 is 23.5 Å². The maximum Gasteiger partial charge on any atom is 0.339 e. The summed E-state index contributed by atoms with van der Waals surface area (Å²) in [6.45, 7) is 0. The van der Waals surface area contributed by atoms with E-state index in [0.717, 1.165) is 0 Å². The first-order valence-electron chi connectivity index (χ1n) is 6.90. The summed E-state index contributed by atoms with van der Waals surface area (Å²) in [4.78, 5) is 35.3. The van der Waals surface area contributed by atoms with Crippen molar-refractivity contribution in [1.82, 2.24) is 0 Å². The number of hydrogen-bond acceptors (Lipinski definition) is 4. The van der Waals surface area contributed by atoms with Crippen LogP contribution in [0.25, 0.3) is 0 Å². The zero-order chi connectivity index (χ0) is 16.1. The van der Waals surface area contributed by atoms with Gasteiger partial charge in [0.25, 0.3) is 0 Å². The minimum atomic E-state index is -0.995. The molecule has 1 amide bonds. The number of allylic oxidation sites excluding steroid dienone is 2. The van der Waals surface area contributed by atoms with Crippen molar-refractivity contribution in [2.24, 2.45) is 11.8 Å². The fourth-order valence-corrected chi connectivity index (χ4v) is 2.48. The molecule has 1 aromatic rings. The molecule has 2 atom stereocenters. The zero-order valence-corrected chi connectivity index (χ0v) is 12.1. The van der Waals surface area contributed by atoms with Gasteiger partial charge in [-0.05, 0) is 25.0 Å². The Labute approximate surface area is 127 Å². The molecule has 0 heterocycles. The molecule has 1 aromatic carbocycles. The standard InChI is InChI=1S/C16H17NO5/c1-22-16(21)12-8-4-5-9-13(12)17-14(18)10-6-2-3-7-11(10)15(19)20/h2-5,8-11H,6-7H2,1H3,(H,17,18)(H,19,20)/t10-,11+/m1/s1. The third-order valence-corrected chi connectivity index (χ3v) is 3.68. The Morgan fingerprint density at radius 1 is 1.14 bits per heavy atom. The number of carbonyl (C=O) groups excluding carboxylic acids is 2. The highest BCUT2D eigenvalue weighted by atomic mass is 16.5. The van der Waals surface area contributed by atoms with E-state index in [9.17, 15) is 19.5 Å². The first kappa shape index (κ1) is 15.8. The number of carbonyl (C=O) groups is 3. The van der Waals surface area contributed by atoms with Crippen molar-refractivity contribution < 1.29 is 24.2 Å². The number of hydrogen-bond donors (Lipinski definition) is 2. The number of carboxylic acids is 1. The highest BCUT2D eigenvalue weighted by Gasteiger charge is 2.34. The van der Waals surface area contributed by atoms with Gasteiger partial charge in [0.05, 0.1) is 30.2 Å². The number of ether oxygens (including phenoxy) is 1. The molecule has 0 radical (unpaired) electrons. The van der Waals surface area contributed by atoms with Crippen LogP contribution in [-0.4, -0.2) is 30.1 Å². The van der Waals surface area contributed by atoms with Crippen LogP contribution in [0.5, 0.6) is 0 Å². The molecule has 116 valence electrons. The highest BCUT2D eigenvalue weighted by Crippen LogP contribution is 2.28. The Bertz CT molecular complexity index is 623. The minimum Gasteiger partial charge on any atom is -0.481 e. The third kappa shape index (κ3) is 3.33. The van der Waals surface area contributed by atoms with Crippen LogP contribution in [0.1, 0.15) is 23.2 Å². The summed E-state index contributed by atoms with van der Waals surface area (Å²) in [6.07, 6.45) is 4.26. The van der Waals surface area contributed by atoms with Crippen molar-refractivity contribution in [3.05, 3.63) is 42.0 Å². The van der Waals surface area contributed by atoms with E-state index in [1.807, 2.05) is 0 Å². The van der Waals surface area contributed by atoms with E-state index in [1.165, 1.54) is 13.2 Å². The SMILES string of the molecule is COC(=O)c1ccccc1NC(=O)[C@@H]1CC=CC[C@@H]1C(=O)O. The van der Waals surface area contributed by atoms with Gasteiger partial charge in [-0.3, -0.25) is 9.59 Å². The number of rotatable bonds is 4. The van der Waals surface area contributed by atoms with Crippen LogP contribution in [0, 0.1) is 11.8 Å². The largest absolute Gasteiger partial charge is 0.481 e. The smallest absolute Gasteiger partial charge is 0.339 e. The number of benzene rings is 1. The van der Waals surface area contributed by atoms with E-state index >= 15 is 0 Å². The van der Waals surface area contributed by atoms with E-state index in [4.69, 9.17) is 0 Å². The number of para-hydroxylation sites is 1. The molecule has 0 saturated carbocycles. The lowest BCUT2D eigenvalue weighted by Gasteiger charge is -2.24. The van der Waals surface area contributed by atoms with E-state index in [0.29, 0.717) is 18.5 Å². The van der Waals surface area contributed by atoms with Crippen LogP contribution >= 0.6 is 0 Å². The number of amides is 1. The molecule has 2 rings (SSSR count). The van der Waals surface area contributed by atoms with Crippen LogP contribution in [-0.2, 0) is 14.3 Å². The quantitative estimate of drug-likeness (QED) is 0.656. The Morgan fingerprint density at radius 2 is 1.77 bits per heavy atom. The number of aliphatic carboxylic acids is 1. The van der Waals surface area contributed by atoms with E-state index in [2.05, 4.69) is 10.1 Å². The summed E-state index contributed by atoms with van der Waals surface area (Å²) in [5.74, 6) is -3.38. The summed E-state index contributed by atoms with van der Waals surface area (Å²) < 4.78 is 4.67. The van der Waals surface area contributed by atoms with Gasteiger partial charge in [-0.2, -0.15) is 0 Å². The van der Waals surface area contributed by atoms with Crippen LogP contribution in [0.15, 0.2) is 36.4 Å². The molecule has 0 saturated heterocycles. The topological polar surface area (TPSA) is 92.7 Å². The Hall–Kier alpha value is -2.63. The van der Waals surface area contributed by atoms with E-state index in [1.54, 1.807) is 30.4 Å². The molecule has 22 heavy (non-hydrogen) atoms. The van der Waals surface area contributed by atoms with Gasteiger partial charge in [-0.1, -0.05) is 24.3 Å². The second-order valence-electron chi connectivity index (χ2n) is 5.02. The average Bonchev–Trinajstić information content (AvgIpc) is 2.54. The van der Waals surface area contributed by atoms with Crippen molar-refractivity contribution in [2.75, 3.05) is 12.4 Å². The summed E-state index contributed by atoms with van der Waals surface area (Å²) in [7, 11) is 1.26. The van der Waals surface area contributed by atoms with Gasteiger partial charge in [0, 0.05) is 0 Å². The molecular formula is C16H17NO5. The van der Waals surface area contributed by atoms with Gasteiger partial charge in [0.1, 0.15) is 0 Å². The molecule has 0 aliphatic heterocycles. The third-order valence-electron chi connectivity index (χ3n) is 3.68. The number of carboxylic acid groups (broad SMARTS) is 1. The molecule has 2 N–H and O–H groups in total. The van der Waals surface area contributed by atoms with Crippen molar-refractivity contribution in [2.45, 2.75) is 12.8 Å².